The highest BCUT2D eigenvalue weighted by atomic mass is 15.3. The van der Waals surface area contributed by atoms with E-state index < -0.39 is 0 Å². The first-order valence-electron chi connectivity index (χ1n) is 14.3. The first-order chi connectivity index (χ1) is 18.4. The fourth-order valence-electron chi connectivity index (χ4n) is 6.62. The number of aryl methyl sites for hydroxylation is 1. The normalized spacial score (nSPS) is 24.4. The van der Waals surface area contributed by atoms with E-state index in [-0.39, 0.29) is 11.5 Å². The van der Waals surface area contributed by atoms with Crippen LogP contribution in [0.15, 0.2) is 62.1 Å². The van der Waals surface area contributed by atoms with Crippen LogP contribution in [-0.4, -0.2) is 30.9 Å². The number of piperidine rings is 1. The summed E-state index contributed by atoms with van der Waals surface area (Å²) in [6, 6.07) is 6.37. The molecule has 2 aliphatic carbocycles. The van der Waals surface area contributed by atoms with Crippen molar-refractivity contribution in [2.45, 2.75) is 65.0 Å². The Balaban J connectivity index is 1.31. The molecule has 2 saturated carbocycles. The molecular formula is C31H41N7. The SMILES string of the molecule is C=CC1(Cc2ccc3nc(C(NC(=C)c4ccnn4CC)C(C4CC4)C4CC4)cn3n2)CC(C)CNC1=C. The van der Waals surface area contributed by atoms with Gasteiger partial charge in [0.2, 0.25) is 0 Å². The molecule has 2 N–H and O–H groups in total. The Bertz CT molecular complexity index is 1350. The summed E-state index contributed by atoms with van der Waals surface area (Å²) >= 11 is 0. The van der Waals surface area contributed by atoms with Gasteiger partial charge in [0.05, 0.1) is 35.0 Å². The maximum absolute atomic E-state index is 5.11. The summed E-state index contributed by atoms with van der Waals surface area (Å²) in [6.45, 7) is 19.1. The van der Waals surface area contributed by atoms with E-state index in [0.29, 0.717) is 11.8 Å². The van der Waals surface area contributed by atoms with Crippen molar-refractivity contribution in [3.63, 3.8) is 0 Å². The fraction of sp³-hybridized carbons (Fsp3) is 0.516. The van der Waals surface area contributed by atoms with Crippen molar-refractivity contribution in [2.75, 3.05) is 6.54 Å². The molecule has 7 heteroatoms. The van der Waals surface area contributed by atoms with Gasteiger partial charge >= 0.3 is 0 Å². The lowest BCUT2D eigenvalue weighted by atomic mass is 9.71. The second-order valence-corrected chi connectivity index (χ2v) is 11.9. The van der Waals surface area contributed by atoms with E-state index in [0.717, 1.165) is 71.9 Å². The largest absolute Gasteiger partial charge is 0.388 e. The summed E-state index contributed by atoms with van der Waals surface area (Å²) in [5.41, 5.74) is 5.78. The van der Waals surface area contributed by atoms with E-state index in [1.807, 2.05) is 21.5 Å². The molecule has 1 aliphatic heterocycles. The van der Waals surface area contributed by atoms with Gasteiger partial charge in [-0.25, -0.2) is 9.50 Å². The molecule has 200 valence electrons. The first-order valence-corrected chi connectivity index (χ1v) is 14.3. The van der Waals surface area contributed by atoms with Gasteiger partial charge in [-0.3, -0.25) is 4.68 Å². The molecule has 0 radical (unpaired) electrons. The van der Waals surface area contributed by atoms with Crippen molar-refractivity contribution >= 4 is 11.3 Å². The van der Waals surface area contributed by atoms with Gasteiger partial charge in [-0.1, -0.05) is 26.2 Å². The Morgan fingerprint density at radius 1 is 1.24 bits per heavy atom. The zero-order valence-corrected chi connectivity index (χ0v) is 22.9. The van der Waals surface area contributed by atoms with E-state index >= 15 is 0 Å². The number of allylic oxidation sites excluding steroid dienone is 1. The number of nitrogens with zero attached hydrogens (tertiary/aromatic N) is 5. The zero-order chi connectivity index (χ0) is 26.4. The van der Waals surface area contributed by atoms with Crippen LogP contribution in [0.4, 0.5) is 0 Å². The van der Waals surface area contributed by atoms with Crippen molar-refractivity contribution in [2.24, 2.45) is 29.1 Å². The highest BCUT2D eigenvalue weighted by Gasteiger charge is 2.47. The van der Waals surface area contributed by atoms with E-state index in [4.69, 9.17) is 10.1 Å². The number of hydrogen-bond donors (Lipinski definition) is 2. The summed E-state index contributed by atoms with van der Waals surface area (Å²) in [5.74, 6) is 2.65. The van der Waals surface area contributed by atoms with Crippen molar-refractivity contribution < 1.29 is 0 Å². The number of imidazole rings is 1. The predicted molar refractivity (Wildman–Crippen MR) is 152 cm³/mol. The number of hydrogen-bond acceptors (Lipinski definition) is 5. The van der Waals surface area contributed by atoms with Gasteiger partial charge in [-0.15, -0.1) is 6.58 Å². The van der Waals surface area contributed by atoms with Gasteiger partial charge in [-0.2, -0.15) is 10.2 Å². The molecule has 3 aliphatic rings. The summed E-state index contributed by atoms with van der Waals surface area (Å²) in [5, 5.41) is 16.8. The summed E-state index contributed by atoms with van der Waals surface area (Å²) < 4.78 is 3.96. The molecule has 3 aromatic heterocycles. The standard InChI is InChI=1S/C31H41N7/c1-6-31(16-20(3)18-32-22(31)5)17-25-12-13-28-35-26(19-38(28)36-25)30(29(23-8-9-23)24-10-11-24)34-21(4)27-14-15-33-37(27)7-2/h6,12-15,19-20,23-24,29-30,32,34H,1,4-5,7-11,16-18H2,2-3H3. The van der Waals surface area contributed by atoms with Gasteiger partial charge in [0.1, 0.15) is 0 Å². The van der Waals surface area contributed by atoms with Crippen LogP contribution in [0.3, 0.4) is 0 Å². The van der Waals surface area contributed by atoms with Crippen LogP contribution in [0.5, 0.6) is 0 Å². The van der Waals surface area contributed by atoms with Crippen molar-refractivity contribution in [3.8, 4) is 0 Å². The zero-order valence-electron chi connectivity index (χ0n) is 22.9. The van der Waals surface area contributed by atoms with Crippen LogP contribution in [-0.2, 0) is 13.0 Å². The average molecular weight is 512 g/mol. The minimum Gasteiger partial charge on any atom is -0.388 e. The van der Waals surface area contributed by atoms with E-state index in [9.17, 15) is 0 Å². The van der Waals surface area contributed by atoms with Gasteiger partial charge in [0, 0.05) is 36.8 Å². The van der Waals surface area contributed by atoms with Gasteiger partial charge in [-0.05, 0) is 80.9 Å². The molecule has 3 fully saturated rings. The van der Waals surface area contributed by atoms with Crippen LogP contribution in [0.1, 0.15) is 69.1 Å². The number of rotatable bonds is 11. The molecule has 3 aromatic rings. The third-order valence-electron chi connectivity index (χ3n) is 8.95. The molecule has 1 saturated heterocycles. The topological polar surface area (TPSA) is 72.1 Å². The van der Waals surface area contributed by atoms with E-state index in [2.05, 4.69) is 73.7 Å². The molecule has 3 unspecified atom stereocenters. The van der Waals surface area contributed by atoms with Crippen molar-refractivity contribution in [1.29, 1.82) is 0 Å². The summed E-state index contributed by atoms with van der Waals surface area (Å²) in [4.78, 5) is 5.11. The van der Waals surface area contributed by atoms with Crippen molar-refractivity contribution in [1.82, 2.24) is 35.0 Å². The molecule has 0 bridgehead atoms. The molecule has 4 heterocycles. The lowest BCUT2D eigenvalue weighted by Crippen LogP contribution is -2.41. The Hall–Kier alpha value is -3.35. The summed E-state index contributed by atoms with van der Waals surface area (Å²) in [6.07, 6.45) is 13.1. The highest BCUT2D eigenvalue weighted by molar-refractivity contribution is 5.59. The van der Waals surface area contributed by atoms with Gasteiger partial charge in [0.15, 0.2) is 5.65 Å². The second kappa shape index (κ2) is 9.75. The lowest BCUT2D eigenvalue weighted by Gasteiger charge is -2.40. The predicted octanol–water partition coefficient (Wildman–Crippen LogP) is 5.54. The number of aromatic nitrogens is 5. The molecule has 0 aromatic carbocycles. The minimum atomic E-state index is -0.186. The molecule has 6 rings (SSSR count). The van der Waals surface area contributed by atoms with Crippen LogP contribution in [0.25, 0.3) is 11.3 Å². The molecule has 0 amide bonds. The van der Waals surface area contributed by atoms with Crippen molar-refractivity contribution in [3.05, 3.63) is 79.2 Å². The monoisotopic (exact) mass is 511 g/mol. The van der Waals surface area contributed by atoms with E-state index in [1.165, 1.54) is 25.7 Å². The maximum Gasteiger partial charge on any atom is 0.153 e. The Kier molecular flexibility index (Phi) is 6.40. The highest BCUT2D eigenvalue weighted by Crippen LogP contribution is 2.54. The van der Waals surface area contributed by atoms with Gasteiger partial charge in [0.25, 0.3) is 0 Å². The third-order valence-corrected chi connectivity index (χ3v) is 8.95. The lowest BCUT2D eigenvalue weighted by molar-refractivity contribution is 0.272. The third kappa shape index (κ3) is 4.67. The quantitative estimate of drug-likeness (QED) is 0.331. The number of nitrogens with one attached hydrogen (secondary N) is 2. The minimum absolute atomic E-state index is 0.107. The van der Waals surface area contributed by atoms with E-state index in [1.54, 1.807) is 0 Å². The average Bonchev–Trinajstić information content (AvgIpc) is 3.84. The van der Waals surface area contributed by atoms with Crippen LogP contribution >= 0.6 is 0 Å². The van der Waals surface area contributed by atoms with Crippen LogP contribution < -0.4 is 10.6 Å². The number of fused-ring (bicyclic) bond motifs is 1. The second-order valence-electron chi connectivity index (χ2n) is 11.9. The molecule has 38 heavy (non-hydrogen) atoms. The first kappa shape index (κ1) is 25.0. The van der Waals surface area contributed by atoms with Gasteiger partial charge < -0.3 is 10.6 Å². The molecule has 7 nitrogen and oxygen atoms in total. The smallest absolute Gasteiger partial charge is 0.153 e. The summed E-state index contributed by atoms with van der Waals surface area (Å²) in [7, 11) is 0. The Labute approximate surface area is 226 Å². The fourth-order valence-corrected chi connectivity index (χ4v) is 6.62. The molecule has 3 atom stereocenters. The van der Waals surface area contributed by atoms with Crippen LogP contribution in [0, 0.1) is 29.1 Å². The Morgan fingerprint density at radius 2 is 2.00 bits per heavy atom. The molecule has 0 spiro atoms. The maximum atomic E-state index is 5.11. The Morgan fingerprint density at radius 3 is 2.68 bits per heavy atom. The van der Waals surface area contributed by atoms with Crippen LogP contribution in [0.2, 0.25) is 0 Å². The molecular weight excluding hydrogens is 470 g/mol.